The monoisotopic (exact) mass is 456 g/mol. The van der Waals surface area contributed by atoms with Gasteiger partial charge in [-0.1, -0.05) is 23.2 Å². The van der Waals surface area contributed by atoms with Gasteiger partial charge >= 0.3 is 6.36 Å². The highest BCUT2D eigenvalue weighted by Crippen LogP contribution is 2.44. The lowest BCUT2D eigenvalue weighted by molar-refractivity contribution is -0.274. The summed E-state index contributed by atoms with van der Waals surface area (Å²) in [5, 5.41) is 22.4. The smallest absolute Gasteiger partial charge is 0.404 e. The minimum Gasteiger partial charge on any atom is -0.404 e. The summed E-state index contributed by atoms with van der Waals surface area (Å²) in [5.74, 6) is -0.992. The molecule has 0 saturated carbocycles. The molecule has 1 aromatic heterocycles. The van der Waals surface area contributed by atoms with E-state index in [0.717, 1.165) is 6.07 Å². The van der Waals surface area contributed by atoms with Crippen LogP contribution in [-0.2, 0) is 0 Å². The number of benzene rings is 1. The average Bonchev–Trinajstić information content (AvgIpc) is 2.64. The minimum absolute atomic E-state index is 0.0473. The molecule has 3 rings (SSSR count). The highest BCUT2D eigenvalue weighted by Gasteiger charge is 2.34. The normalized spacial score (nSPS) is 15.2. The second-order valence-corrected chi connectivity index (χ2v) is 6.55. The maximum absolute atomic E-state index is 12.7. The first kappa shape index (κ1) is 21.1. The Balaban J connectivity index is 2.25. The largest absolute Gasteiger partial charge is 0.573 e. The Morgan fingerprint density at radius 2 is 1.93 bits per heavy atom. The number of aromatic nitrogens is 1. The summed E-state index contributed by atoms with van der Waals surface area (Å²) < 4.78 is 42.2. The van der Waals surface area contributed by atoms with Crippen molar-refractivity contribution in [3.63, 3.8) is 0 Å². The number of nitrogens with one attached hydrogen (secondary N) is 2. The van der Waals surface area contributed by atoms with Crippen molar-refractivity contribution in [2.45, 2.75) is 12.4 Å². The molecule has 1 atom stereocenters. The van der Waals surface area contributed by atoms with Crippen LogP contribution in [0.2, 0.25) is 10.0 Å². The summed E-state index contributed by atoms with van der Waals surface area (Å²) in [7, 11) is 0. The highest BCUT2D eigenvalue weighted by molar-refractivity contribution is 6.43. The second kappa shape index (κ2) is 7.67. The van der Waals surface area contributed by atoms with Crippen LogP contribution in [0.3, 0.4) is 0 Å². The molecule has 0 spiro atoms. The van der Waals surface area contributed by atoms with Gasteiger partial charge in [0, 0.05) is 5.56 Å². The molecule has 0 amide bonds. The van der Waals surface area contributed by atoms with Gasteiger partial charge in [-0.2, -0.15) is 10.5 Å². The molecule has 2 aromatic rings. The van der Waals surface area contributed by atoms with E-state index >= 15 is 0 Å². The van der Waals surface area contributed by atoms with Crippen LogP contribution < -0.4 is 26.8 Å². The van der Waals surface area contributed by atoms with Crippen LogP contribution in [-0.4, -0.2) is 17.3 Å². The first-order valence-electron chi connectivity index (χ1n) is 7.79. The number of fused-ring (bicyclic) bond motifs is 1. The number of pyridine rings is 1. The van der Waals surface area contributed by atoms with E-state index in [9.17, 15) is 18.4 Å². The van der Waals surface area contributed by atoms with Crippen molar-refractivity contribution in [3.8, 4) is 18.0 Å². The van der Waals surface area contributed by atoms with Crippen LogP contribution in [0.4, 0.5) is 30.5 Å². The van der Waals surface area contributed by atoms with Crippen LogP contribution in [0.15, 0.2) is 17.1 Å². The number of hydrogen-bond donors (Lipinski definition) is 4. The third-order valence-electron chi connectivity index (χ3n) is 3.92. The molecule has 2 heterocycles. The highest BCUT2D eigenvalue weighted by atomic mass is 35.5. The molecular formula is C16H9Cl2F3N8O. The van der Waals surface area contributed by atoms with E-state index in [1.165, 1.54) is 6.07 Å². The van der Waals surface area contributed by atoms with E-state index in [1.54, 1.807) is 6.19 Å². The third-order valence-corrected chi connectivity index (χ3v) is 4.70. The molecule has 30 heavy (non-hydrogen) atoms. The zero-order valence-electron chi connectivity index (χ0n) is 14.5. The molecule has 0 bridgehead atoms. The maximum Gasteiger partial charge on any atom is 0.573 e. The molecular weight excluding hydrogens is 448 g/mol. The Morgan fingerprint density at radius 1 is 1.23 bits per heavy atom. The summed E-state index contributed by atoms with van der Waals surface area (Å²) in [6.45, 7) is 0. The van der Waals surface area contributed by atoms with Crippen molar-refractivity contribution in [2.75, 3.05) is 16.8 Å². The molecule has 154 valence electrons. The Morgan fingerprint density at radius 3 is 2.53 bits per heavy atom. The SMILES string of the molecule is N#CNC1=NC(c2cc(Cl)c(Cl)c(OC(F)(F)F)c2)c2c(nc(N)c(C#N)c2N)N1. The van der Waals surface area contributed by atoms with Crippen LogP contribution >= 0.6 is 23.2 Å². The first-order valence-corrected chi connectivity index (χ1v) is 8.54. The van der Waals surface area contributed by atoms with E-state index < -0.39 is 23.2 Å². The number of aliphatic imine (C=N–C) groups is 1. The number of halogens is 5. The van der Waals surface area contributed by atoms with Crippen molar-refractivity contribution >= 4 is 46.5 Å². The van der Waals surface area contributed by atoms with E-state index in [4.69, 9.17) is 39.9 Å². The molecule has 1 aliphatic rings. The molecule has 0 saturated heterocycles. The molecule has 1 unspecified atom stereocenters. The van der Waals surface area contributed by atoms with Gasteiger partial charge in [0.1, 0.15) is 40.1 Å². The lowest BCUT2D eigenvalue weighted by Gasteiger charge is -2.26. The van der Waals surface area contributed by atoms with E-state index in [2.05, 4.69) is 25.3 Å². The van der Waals surface area contributed by atoms with E-state index in [-0.39, 0.29) is 45.0 Å². The van der Waals surface area contributed by atoms with Gasteiger partial charge in [-0.3, -0.25) is 5.32 Å². The molecule has 14 heteroatoms. The average molecular weight is 457 g/mol. The lowest BCUT2D eigenvalue weighted by Crippen LogP contribution is -2.32. The van der Waals surface area contributed by atoms with Gasteiger partial charge in [0.2, 0.25) is 5.96 Å². The van der Waals surface area contributed by atoms with Crippen molar-refractivity contribution in [1.29, 1.82) is 10.5 Å². The van der Waals surface area contributed by atoms with Gasteiger partial charge in [-0.05, 0) is 17.7 Å². The Labute approximate surface area is 176 Å². The van der Waals surface area contributed by atoms with Crippen LogP contribution in [0.5, 0.6) is 5.75 Å². The van der Waals surface area contributed by atoms with Gasteiger partial charge in [-0.25, -0.2) is 9.98 Å². The summed E-state index contributed by atoms with van der Waals surface area (Å²) >= 11 is 11.8. The second-order valence-electron chi connectivity index (χ2n) is 5.76. The Kier molecular flexibility index (Phi) is 5.39. The fourth-order valence-corrected chi connectivity index (χ4v) is 3.13. The number of hydrogen-bond acceptors (Lipinski definition) is 9. The standard InChI is InChI=1S/C16H9Cl2F3N8O/c17-7-1-5(2-8(10(7)18)30-16(19,20)21)12-9-11(24)6(3-22)13(25)28-14(9)29-15(27-12)26-4-23/h1-2,12H,(H6,24,25,26,27,28,29). The number of alkyl halides is 3. The van der Waals surface area contributed by atoms with Crippen LogP contribution in [0.25, 0.3) is 0 Å². The van der Waals surface area contributed by atoms with E-state index in [1.807, 2.05) is 6.07 Å². The van der Waals surface area contributed by atoms with Crippen molar-refractivity contribution in [2.24, 2.45) is 4.99 Å². The summed E-state index contributed by atoms with van der Waals surface area (Å²) in [4.78, 5) is 8.26. The first-order chi connectivity index (χ1) is 14.1. The Bertz CT molecular complexity index is 1150. The molecule has 0 aliphatic carbocycles. The number of anilines is 3. The predicted molar refractivity (Wildman–Crippen MR) is 103 cm³/mol. The number of ether oxygens (including phenoxy) is 1. The van der Waals surface area contributed by atoms with Crippen LogP contribution in [0.1, 0.15) is 22.7 Å². The van der Waals surface area contributed by atoms with Crippen molar-refractivity contribution < 1.29 is 17.9 Å². The van der Waals surface area contributed by atoms with Crippen molar-refractivity contribution in [3.05, 3.63) is 38.9 Å². The molecule has 0 radical (unpaired) electrons. The lowest BCUT2D eigenvalue weighted by atomic mass is 9.95. The van der Waals surface area contributed by atoms with Crippen molar-refractivity contribution in [1.82, 2.24) is 10.3 Å². The van der Waals surface area contributed by atoms with Crippen LogP contribution in [0, 0.1) is 22.8 Å². The molecule has 0 fully saturated rings. The summed E-state index contributed by atoms with van der Waals surface area (Å²) in [5.41, 5.74) is 11.8. The zero-order chi connectivity index (χ0) is 22.2. The number of nitriles is 2. The number of nitrogens with two attached hydrogens (primary N) is 2. The van der Waals surface area contributed by atoms with Gasteiger partial charge in [0.15, 0.2) is 6.19 Å². The third kappa shape index (κ3) is 3.91. The van der Waals surface area contributed by atoms with Gasteiger partial charge < -0.3 is 21.5 Å². The molecule has 1 aliphatic heterocycles. The number of rotatable bonds is 2. The van der Waals surface area contributed by atoms with E-state index in [0.29, 0.717) is 0 Å². The van der Waals surface area contributed by atoms with Gasteiger partial charge in [0.05, 0.1) is 10.7 Å². The molecule has 9 nitrogen and oxygen atoms in total. The Hall–Kier alpha value is -3.61. The van der Waals surface area contributed by atoms with Gasteiger partial charge in [-0.15, -0.1) is 13.2 Å². The van der Waals surface area contributed by atoms with Gasteiger partial charge in [0.25, 0.3) is 0 Å². The summed E-state index contributed by atoms with van der Waals surface area (Å²) in [6, 6.07) is 2.91. The maximum atomic E-state index is 12.7. The minimum atomic E-state index is -5.03. The number of nitrogen functional groups attached to an aromatic ring is 2. The number of nitrogens with zero attached hydrogens (tertiary/aromatic N) is 4. The molecule has 1 aromatic carbocycles. The summed E-state index contributed by atoms with van der Waals surface area (Å²) in [6.07, 6.45) is -3.38. The fraction of sp³-hybridized carbons (Fsp3) is 0.125. The number of guanidine groups is 1. The predicted octanol–water partition coefficient (Wildman–Crippen LogP) is 3.26. The molecule has 6 N–H and O–H groups in total. The fourth-order valence-electron chi connectivity index (χ4n) is 2.76. The zero-order valence-corrected chi connectivity index (χ0v) is 16.0. The quantitative estimate of drug-likeness (QED) is 0.395. The topological polar surface area (TPSA) is 158 Å².